The van der Waals surface area contributed by atoms with Gasteiger partial charge in [0, 0.05) is 24.5 Å². The summed E-state index contributed by atoms with van der Waals surface area (Å²) in [4.78, 5) is 33.5. The van der Waals surface area contributed by atoms with Gasteiger partial charge in [0.25, 0.3) is 0 Å². The predicted octanol–water partition coefficient (Wildman–Crippen LogP) is 5.24. The number of rotatable bonds is 7. The minimum atomic E-state index is -0.471. The summed E-state index contributed by atoms with van der Waals surface area (Å²) in [5.41, 5.74) is 3.24. The first kappa shape index (κ1) is 25.4. The highest BCUT2D eigenvalue weighted by molar-refractivity contribution is 5.90. The van der Waals surface area contributed by atoms with Gasteiger partial charge in [0.1, 0.15) is 6.04 Å². The molecule has 0 radical (unpaired) electrons. The van der Waals surface area contributed by atoms with Crippen molar-refractivity contribution in [2.24, 2.45) is 5.92 Å². The zero-order valence-corrected chi connectivity index (χ0v) is 22.0. The molecule has 0 spiro atoms. The Bertz CT molecular complexity index is 1250. The summed E-state index contributed by atoms with van der Waals surface area (Å²) in [5, 5.41) is 8.55. The van der Waals surface area contributed by atoms with Crippen LogP contribution in [-0.4, -0.2) is 47.4 Å². The Hall–Kier alpha value is -3.25. The summed E-state index contributed by atoms with van der Waals surface area (Å²) in [5.74, 6) is 0.141. The van der Waals surface area contributed by atoms with Gasteiger partial charge in [-0.3, -0.25) is 14.6 Å². The fourth-order valence-corrected chi connectivity index (χ4v) is 5.98. The number of carbonyl (C=O) groups is 2. The molecule has 3 atom stereocenters. The van der Waals surface area contributed by atoms with Gasteiger partial charge in [-0.2, -0.15) is 0 Å². The Kier molecular flexibility index (Phi) is 7.85. The van der Waals surface area contributed by atoms with Crippen LogP contribution in [0.5, 0.6) is 0 Å². The quantitative estimate of drug-likeness (QED) is 0.467. The third-order valence-corrected chi connectivity index (χ3v) is 8.27. The van der Waals surface area contributed by atoms with Crippen molar-refractivity contribution in [3.63, 3.8) is 0 Å². The summed E-state index contributed by atoms with van der Waals surface area (Å²) in [7, 11) is 1.77. The molecule has 1 aromatic heterocycles. The van der Waals surface area contributed by atoms with Gasteiger partial charge in [-0.05, 0) is 79.6 Å². The van der Waals surface area contributed by atoms with Crippen molar-refractivity contribution in [3.05, 3.63) is 66.5 Å². The molecule has 6 heteroatoms. The molecular weight excluding hydrogens is 460 g/mol. The van der Waals surface area contributed by atoms with E-state index in [0.717, 1.165) is 55.2 Å². The van der Waals surface area contributed by atoms with Crippen LogP contribution in [0.15, 0.2) is 60.9 Å². The van der Waals surface area contributed by atoms with Gasteiger partial charge in [-0.15, -0.1) is 0 Å². The van der Waals surface area contributed by atoms with Gasteiger partial charge in [-0.25, -0.2) is 0 Å². The van der Waals surface area contributed by atoms with Crippen molar-refractivity contribution in [2.45, 2.75) is 70.0 Å². The number of aromatic nitrogens is 1. The first-order chi connectivity index (χ1) is 18.0. The number of nitrogens with zero attached hydrogens (tertiary/aromatic N) is 2. The van der Waals surface area contributed by atoms with Crippen LogP contribution in [0.25, 0.3) is 21.9 Å². The molecule has 2 unspecified atom stereocenters. The number of carbonyl (C=O) groups excluding carboxylic acids is 2. The average Bonchev–Trinajstić information content (AvgIpc) is 3.45. The second-order valence-corrected chi connectivity index (χ2v) is 10.7. The lowest BCUT2D eigenvalue weighted by molar-refractivity contribution is -0.139. The molecule has 0 bridgehead atoms. The van der Waals surface area contributed by atoms with Crippen LogP contribution in [0.2, 0.25) is 0 Å². The summed E-state index contributed by atoms with van der Waals surface area (Å²) < 4.78 is 0. The van der Waals surface area contributed by atoms with E-state index < -0.39 is 6.04 Å². The average molecular weight is 499 g/mol. The molecule has 2 heterocycles. The number of amides is 2. The Labute approximate surface area is 219 Å². The Balaban J connectivity index is 1.40. The normalized spacial score (nSPS) is 20.1. The molecule has 6 nitrogen and oxygen atoms in total. The van der Waals surface area contributed by atoms with Gasteiger partial charge in [0.15, 0.2) is 0 Å². The smallest absolute Gasteiger partial charge is 0.245 e. The lowest BCUT2D eigenvalue weighted by Crippen LogP contribution is -2.55. The van der Waals surface area contributed by atoms with Gasteiger partial charge < -0.3 is 15.5 Å². The van der Waals surface area contributed by atoms with E-state index in [1.54, 1.807) is 7.05 Å². The highest BCUT2D eigenvalue weighted by Gasteiger charge is 2.39. The first-order valence-corrected chi connectivity index (χ1v) is 13.8. The van der Waals surface area contributed by atoms with Gasteiger partial charge in [0.2, 0.25) is 11.8 Å². The van der Waals surface area contributed by atoms with E-state index in [9.17, 15) is 9.59 Å². The maximum atomic E-state index is 14.0. The predicted molar refractivity (Wildman–Crippen MR) is 148 cm³/mol. The number of fused-ring (bicyclic) bond motifs is 1. The third kappa shape index (κ3) is 5.54. The second-order valence-electron chi connectivity index (χ2n) is 10.7. The van der Waals surface area contributed by atoms with Crippen molar-refractivity contribution in [2.75, 3.05) is 13.6 Å². The molecule has 1 saturated heterocycles. The Morgan fingerprint density at radius 3 is 2.49 bits per heavy atom. The van der Waals surface area contributed by atoms with Crippen LogP contribution in [0.1, 0.15) is 63.5 Å². The lowest BCUT2D eigenvalue weighted by atomic mass is 9.83. The summed E-state index contributed by atoms with van der Waals surface area (Å²) in [6, 6.07) is 16.2. The second kappa shape index (κ2) is 11.4. The minimum Gasteiger partial charge on any atom is -0.343 e. The molecule has 194 valence electrons. The fourth-order valence-electron chi connectivity index (χ4n) is 5.98. The summed E-state index contributed by atoms with van der Waals surface area (Å²) >= 11 is 0. The molecule has 1 aliphatic carbocycles. The molecular formula is C31H38N4O2. The van der Waals surface area contributed by atoms with Crippen LogP contribution in [0.4, 0.5) is 0 Å². The number of hydrogen-bond acceptors (Lipinski definition) is 4. The van der Waals surface area contributed by atoms with Gasteiger partial charge in [0.05, 0.1) is 12.1 Å². The maximum Gasteiger partial charge on any atom is 0.245 e. The molecule has 2 aliphatic rings. The molecule has 2 fully saturated rings. The van der Waals surface area contributed by atoms with Crippen molar-refractivity contribution < 1.29 is 9.59 Å². The highest BCUT2D eigenvalue weighted by atomic mass is 16.2. The molecule has 2 amide bonds. The van der Waals surface area contributed by atoms with E-state index in [1.165, 1.54) is 17.2 Å². The molecule has 2 N–H and O–H groups in total. The van der Waals surface area contributed by atoms with Crippen LogP contribution >= 0.6 is 0 Å². The third-order valence-electron chi connectivity index (χ3n) is 8.27. The maximum absolute atomic E-state index is 14.0. The fraction of sp³-hybridized carbons (Fsp3) is 0.452. The van der Waals surface area contributed by atoms with E-state index >= 15 is 0 Å². The molecule has 2 aromatic carbocycles. The summed E-state index contributed by atoms with van der Waals surface area (Å²) in [6.45, 7) is 2.55. The van der Waals surface area contributed by atoms with Crippen LogP contribution in [0, 0.1) is 5.92 Å². The Morgan fingerprint density at radius 1 is 0.919 bits per heavy atom. The Morgan fingerprint density at radius 2 is 1.70 bits per heavy atom. The topological polar surface area (TPSA) is 74.3 Å². The molecule has 3 aromatic rings. The standard InChI is InChI=1S/C31H38N4O2/c1-21(32-2)30(36)34-29(23-10-4-3-5-11-23)31(37)35-16-8-13-28(35)27-18-26(19-33-20-27)25-15-14-22-9-6-7-12-24(22)17-25/h6-7,9,12,14-15,17-21,23,28-29,32H,3-5,8,10-11,13,16H2,1-2H3,(H,34,36)/t21?,28?,29-/m0/s1. The number of likely N-dealkylation sites (tertiary alicyclic amines) is 1. The first-order valence-electron chi connectivity index (χ1n) is 13.8. The molecule has 37 heavy (non-hydrogen) atoms. The SMILES string of the molecule is CNC(C)C(=O)N[C@H](C(=O)N1CCCC1c1cncc(-c2ccc3ccccc3c2)c1)C1CCCCC1. The molecule has 1 saturated carbocycles. The number of benzene rings is 2. The molecule has 1 aliphatic heterocycles. The minimum absolute atomic E-state index is 0.0230. The number of nitrogens with one attached hydrogen (secondary N) is 2. The summed E-state index contributed by atoms with van der Waals surface area (Å²) in [6.07, 6.45) is 11.1. The van der Waals surface area contributed by atoms with Crippen LogP contribution in [0.3, 0.4) is 0 Å². The number of hydrogen-bond donors (Lipinski definition) is 2. The van der Waals surface area contributed by atoms with E-state index in [0.29, 0.717) is 6.54 Å². The monoisotopic (exact) mass is 498 g/mol. The van der Waals surface area contributed by atoms with E-state index in [-0.39, 0.29) is 29.8 Å². The zero-order chi connectivity index (χ0) is 25.8. The zero-order valence-electron chi connectivity index (χ0n) is 22.0. The highest BCUT2D eigenvalue weighted by Crippen LogP contribution is 2.36. The largest absolute Gasteiger partial charge is 0.343 e. The van der Waals surface area contributed by atoms with Crippen LogP contribution < -0.4 is 10.6 Å². The van der Waals surface area contributed by atoms with Gasteiger partial charge >= 0.3 is 0 Å². The van der Waals surface area contributed by atoms with E-state index in [4.69, 9.17) is 0 Å². The van der Waals surface area contributed by atoms with Crippen molar-refractivity contribution in [3.8, 4) is 11.1 Å². The number of pyridine rings is 1. The lowest BCUT2D eigenvalue weighted by Gasteiger charge is -2.35. The van der Waals surface area contributed by atoms with Crippen molar-refractivity contribution in [1.29, 1.82) is 0 Å². The van der Waals surface area contributed by atoms with Crippen molar-refractivity contribution >= 4 is 22.6 Å². The van der Waals surface area contributed by atoms with E-state index in [1.807, 2.05) is 24.2 Å². The van der Waals surface area contributed by atoms with Gasteiger partial charge in [-0.1, -0.05) is 55.7 Å². The van der Waals surface area contributed by atoms with Crippen LogP contribution in [-0.2, 0) is 9.59 Å². The van der Waals surface area contributed by atoms with E-state index in [2.05, 4.69) is 64.1 Å². The van der Waals surface area contributed by atoms with Crippen molar-refractivity contribution in [1.82, 2.24) is 20.5 Å². The molecule has 5 rings (SSSR count). The number of likely N-dealkylation sites (N-methyl/N-ethyl adjacent to an activating group) is 1.